The zero-order chi connectivity index (χ0) is 10.7. The normalized spacial score (nSPS) is 26.6. The van der Waals surface area contributed by atoms with Gasteiger partial charge in [-0.25, -0.2) is 0 Å². The van der Waals surface area contributed by atoms with E-state index >= 15 is 0 Å². The molecule has 2 unspecified atom stereocenters. The van der Waals surface area contributed by atoms with Gasteiger partial charge >= 0.3 is 11.9 Å². The van der Waals surface area contributed by atoms with Crippen LogP contribution in [0.15, 0.2) is 11.6 Å². The van der Waals surface area contributed by atoms with Crippen molar-refractivity contribution in [1.82, 2.24) is 0 Å². The maximum atomic E-state index is 11.3. The summed E-state index contributed by atoms with van der Waals surface area (Å²) >= 11 is 0. The van der Waals surface area contributed by atoms with Crippen molar-refractivity contribution in [1.29, 1.82) is 0 Å². The van der Waals surface area contributed by atoms with Crippen molar-refractivity contribution in [2.45, 2.75) is 19.8 Å². The number of allylic oxidation sites excluding steroid dienone is 2. The number of hydrogen-bond donors (Lipinski definition) is 1. The first-order valence-corrected chi connectivity index (χ1v) is 4.52. The summed E-state index contributed by atoms with van der Waals surface area (Å²) in [7, 11) is 1.29. The van der Waals surface area contributed by atoms with Crippen molar-refractivity contribution in [3.8, 4) is 0 Å². The van der Waals surface area contributed by atoms with Gasteiger partial charge in [-0.3, -0.25) is 9.59 Å². The Hall–Kier alpha value is -1.32. The zero-order valence-electron chi connectivity index (χ0n) is 8.32. The molecule has 0 bridgehead atoms. The molecule has 0 saturated carbocycles. The van der Waals surface area contributed by atoms with E-state index in [2.05, 4.69) is 4.74 Å². The van der Waals surface area contributed by atoms with E-state index in [-0.39, 0.29) is 0 Å². The van der Waals surface area contributed by atoms with Crippen LogP contribution in [0, 0.1) is 11.8 Å². The fraction of sp³-hybridized carbons (Fsp3) is 0.600. The number of carboxylic acids is 1. The number of carbonyl (C=O) groups is 2. The average molecular weight is 198 g/mol. The lowest BCUT2D eigenvalue weighted by Gasteiger charge is -2.25. The molecule has 4 heteroatoms. The molecule has 78 valence electrons. The minimum absolute atomic E-state index is 0.418. The summed E-state index contributed by atoms with van der Waals surface area (Å²) in [5, 5.41) is 8.90. The Morgan fingerprint density at radius 1 is 1.50 bits per heavy atom. The molecule has 0 aliphatic heterocycles. The average Bonchev–Trinajstić information content (AvgIpc) is 2.16. The van der Waals surface area contributed by atoms with Crippen LogP contribution in [0.5, 0.6) is 0 Å². The van der Waals surface area contributed by atoms with Crippen molar-refractivity contribution in [2.24, 2.45) is 11.8 Å². The first-order chi connectivity index (χ1) is 6.56. The Balaban J connectivity index is 2.83. The van der Waals surface area contributed by atoms with Crippen LogP contribution in [0.2, 0.25) is 0 Å². The minimum Gasteiger partial charge on any atom is -0.481 e. The lowest BCUT2D eigenvalue weighted by Crippen LogP contribution is -2.32. The second-order valence-corrected chi connectivity index (χ2v) is 3.56. The largest absolute Gasteiger partial charge is 0.481 e. The Morgan fingerprint density at radius 2 is 2.14 bits per heavy atom. The van der Waals surface area contributed by atoms with E-state index in [0.717, 1.165) is 5.57 Å². The van der Waals surface area contributed by atoms with Crippen LogP contribution in [0.3, 0.4) is 0 Å². The van der Waals surface area contributed by atoms with Gasteiger partial charge in [0, 0.05) is 0 Å². The predicted molar refractivity (Wildman–Crippen MR) is 49.6 cm³/mol. The van der Waals surface area contributed by atoms with Crippen molar-refractivity contribution in [2.75, 3.05) is 7.11 Å². The smallest absolute Gasteiger partial charge is 0.309 e. The third kappa shape index (κ3) is 2.13. The van der Waals surface area contributed by atoms with Gasteiger partial charge in [0.25, 0.3) is 0 Å². The summed E-state index contributed by atoms with van der Waals surface area (Å²) < 4.78 is 4.59. The maximum Gasteiger partial charge on any atom is 0.309 e. The van der Waals surface area contributed by atoms with Crippen molar-refractivity contribution in [3.63, 3.8) is 0 Å². The van der Waals surface area contributed by atoms with Gasteiger partial charge in [-0.05, 0) is 19.8 Å². The van der Waals surface area contributed by atoms with Crippen LogP contribution in [0.25, 0.3) is 0 Å². The van der Waals surface area contributed by atoms with E-state index in [1.165, 1.54) is 7.11 Å². The molecule has 1 rings (SSSR count). The van der Waals surface area contributed by atoms with Gasteiger partial charge in [0.05, 0.1) is 18.9 Å². The molecule has 0 heterocycles. The molecule has 1 N–H and O–H groups in total. The first kappa shape index (κ1) is 10.8. The highest BCUT2D eigenvalue weighted by Gasteiger charge is 2.36. The summed E-state index contributed by atoms with van der Waals surface area (Å²) in [5.74, 6) is -2.51. The molecule has 0 aromatic heterocycles. The molecule has 14 heavy (non-hydrogen) atoms. The summed E-state index contributed by atoms with van der Waals surface area (Å²) in [6.07, 6.45) is 2.78. The van der Waals surface area contributed by atoms with Crippen molar-refractivity contribution < 1.29 is 19.4 Å². The van der Waals surface area contributed by atoms with Gasteiger partial charge in [-0.15, -0.1) is 0 Å². The summed E-state index contributed by atoms with van der Waals surface area (Å²) in [5.41, 5.74) is 1.05. The van der Waals surface area contributed by atoms with Crippen LogP contribution in [-0.4, -0.2) is 24.2 Å². The topological polar surface area (TPSA) is 63.6 Å². The molecular weight excluding hydrogens is 184 g/mol. The van der Waals surface area contributed by atoms with Crippen LogP contribution in [-0.2, 0) is 14.3 Å². The molecule has 0 aromatic rings. The number of carbonyl (C=O) groups excluding carboxylic acids is 1. The van der Waals surface area contributed by atoms with Gasteiger partial charge in [0.1, 0.15) is 0 Å². The molecule has 4 nitrogen and oxygen atoms in total. The fourth-order valence-corrected chi connectivity index (χ4v) is 1.74. The number of carboxylic acid groups (broad SMARTS) is 1. The highest BCUT2D eigenvalue weighted by molar-refractivity contribution is 5.81. The third-order valence-electron chi connectivity index (χ3n) is 2.57. The molecule has 0 amide bonds. The van der Waals surface area contributed by atoms with E-state index in [1.807, 2.05) is 13.0 Å². The zero-order valence-corrected chi connectivity index (χ0v) is 8.32. The van der Waals surface area contributed by atoms with Crippen LogP contribution < -0.4 is 0 Å². The number of rotatable bonds is 2. The van der Waals surface area contributed by atoms with Gasteiger partial charge < -0.3 is 9.84 Å². The quantitative estimate of drug-likeness (QED) is 0.535. The summed E-state index contributed by atoms with van der Waals surface area (Å²) in [6, 6.07) is 0. The van der Waals surface area contributed by atoms with E-state index in [9.17, 15) is 9.59 Å². The highest BCUT2D eigenvalue weighted by Crippen LogP contribution is 2.30. The lowest BCUT2D eigenvalue weighted by atomic mass is 9.80. The highest BCUT2D eigenvalue weighted by atomic mass is 16.5. The number of esters is 1. The lowest BCUT2D eigenvalue weighted by molar-refractivity contribution is -0.156. The first-order valence-electron chi connectivity index (χ1n) is 4.52. The van der Waals surface area contributed by atoms with Crippen molar-refractivity contribution in [3.05, 3.63) is 11.6 Å². The maximum absolute atomic E-state index is 11.3. The van der Waals surface area contributed by atoms with E-state index in [1.54, 1.807) is 0 Å². The second-order valence-electron chi connectivity index (χ2n) is 3.56. The number of aliphatic carboxylic acids is 1. The fourth-order valence-electron chi connectivity index (χ4n) is 1.74. The number of methoxy groups -OCH3 is 1. The summed E-state index contributed by atoms with van der Waals surface area (Å²) in [6.45, 7) is 1.90. The molecule has 0 aromatic carbocycles. The molecule has 2 atom stereocenters. The monoisotopic (exact) mass is 198 g/mol. The number of hydrogen-bond acceptors (Lipinski definition) is 3. The molecule has 0 fully saturated rings. The minimum atomic E-state index is -0.927. The van der Waals surface area contributed by atoms with Crippen LogP contribution in [0.1, 0.15) is 19.8 Å². The molecular formula is C10H14O4. The molecule has 1 aliphatic carbocycles. The van der Waals surface area contributed by atoms with E-state index in [0.29, 0.717) is 12.8 Å². The SMILES string of the molecule is COC(=O)C1CC(C)=CCC1C(=O)O. The standard InChI is InChI=1S/C10H14O4/c1-6-3-4-7(9(11)12)8(5-6)10(13)14-2/h3,7-8H,4-5H2,1-2H3,(H,11,12). The molecule has 0 spiro atoms. The Kier molecular flexibility index (Phi) is 3.28. The second kappa shape index (κ2) is 4.26. The van der Waals surface area contributed by atoms with Crippen molar-refractivity contribution >= 4 is 11.9 Å². The van der Waals surface area contributed by atoms with Gasteiger partial charge in [-0.2, -0.15) is 0 Å². The van der Waals surface area contributed by atoms with Gasteiger partial charge in [0.15, 0.2) is 0 Å². The Bertz CT molecular complexity index is 280. The Labute approximate surface area is 82.6 Å². The summed E-state index contributed by atoms with van der Waals surface area (Å²) in [4.78, 5) is 22.2. The van der Waals surface area contributed by atoms with Crippen LogP contribution >= 0.6 is 0 Å². The van der Waals surface area contributed by atoms with E-state index in [4.69, 9.17) is 5.11 Å². The molecule has 0 radical (unpaired) electrons. The number of ether oxygens (including phenoxy) is 1. The van der Waals surface area contributed by atoms with E-state index < -0.39 is 23.8 Å². The van der Waals surface area contributed by atoms with Gasteiger partial charge in [-0.1, -0.05) is 11.6 Å². The predicted octanol–water partition coefficient (Wildman–Crippen LogP) is 1.22. The third-order valence-corrected chi connectivity index (χ3v) is 2.57. The Morgan fingerprint density at radius 3 is 2.64 bits per heavy atom. The van der Waals surface area contributed by atoms with Crippen LogP contribution in [0.4, 0.5) is 0 Å². The molecule has 0 saturated heterocycles. The molecule has 1 aliphatic rings. The van der Waals surface area contributed by atoms with Gasteiger partial charge in [0.2, 0.25) is 0 Å².